The second-order valence-electron chi connectivity index (χ2n) is 6.82. The molecular formula is C19H16N6O3S. The van der Waals surface area contributed by atoms with Gasteiger partial charge in [0.2, 0.25) is 0 Å². The van der Waals surface area contributed by atoms with Gasteiger partial charge in [-0.1, -0.05) is 10.4 Å². The van der Waals surface area contributed by atoms with Crippen molar-refractivity contribution in [1.29, 1.82) is 0 Å². The molecule has 1 amide bonds. The van der Waals surface area contributed by atoms with Gasteiger partial charge in [0.1, 0.15) is 10.2 Å². The van der Waals surface area contributed by atoms with Gasteiger partial charge in [0.25, 0.3) is 11.5 Å². The Morgan fingerprint density at radius 1 is 1.24 bits per heavy atom. The van der Waals surface area contributed by atoms with Crippen LogP contribution < -0.4 is 5.56 Å². The number of thiophene rings is 1. The van der Waals surface area contributed by atoms with E-state index in [9.17, 15) is 9.59 Å². The molecule has 0 saturated carbocycles. The third-order valence-corrected chi connectivity index (χ3v) is 5.96. The molecular weight excluding hydrogens is 392 g/mol. The summed E-state index contributed by atoms with van der Waals surface area (Å²) in [5, 5.41) is 14.0. The summed E-state index contributed by atoms with van der Waals surface area (Å²) in [7, 11) is 0. The van der Waals surface area contributed by atoms with E-state index in [1.165, 1.54) is 16.0 Å². The van der Waals surface area contributed by atoms with E-state index in [1.807, 2.05) is 11.4 Å². The van der Waals surface area contributed by atoms with Gasteiger partial charge in [-0.15, -0.1) is 16.4 Å². The molecule has 0 radical (unpaired) electrons. The van der Waals surface area contributed by atoms with Crippen LogP contribution in [0.5, 0.6) is 0 Å². The maximum atomic E-state index is 12.8. The highest BCUT2D eigenvalue weighted by atomic mass is 32.1. The summed E-state index contributed by atoms with van der Waals surface area (Å²) in [6.45, 7) is 1.02. The molecule has 1 fully saturated rings. The average molecular weight is 408 g/mol. The lowest BCUT2D eigenvalue weighted by Crippen LogP contribution is -2.41. The summed E-state index contributed by atoms with van der Waals surface area (Å²) in [4.78, 5) is 31.2. The highest BCUT2D eigenvalue weighted by molar-refractivity contribution is 7.17. The van der Waals surface area contributed by atoms with E-state index in [-0.39, 0.29) is 23.2 Å². The molecule has 5 rings (SSSR count). The minimum Gasteiger partial charge on any atom is -0.355 e. The smallest absolute Gasteiger partial charge is 0.287 e. The van der Waals surface area contributed by atoms with Gasteiger partial charge in [-0.3, -0.25) is 14.6 Å². The Morgan fingerprint density at radius 2 is 2.10 bits per heavy atom. The van der Waals surface area contributed by atoms with Gasteiger partial charge in [-0.05, 0) is 36.4 Å². The summed E-state index contributed by atoms with van der Waals surface area (Å²) in [6, 6.07) is 6.98. The van der Waals surface area contributed by atoms with E-state index in [2.05, 4.69) is 20.5 Å². The lowest BCUT2D eigenvalue weighted by atomic mass is 10.0. The van der Waals surface area contributed by atoms with Gasteiger partial charge in [-0.25, -0.2) is 4.68 Å². The standard InChI is InChI=1S/C19H16N6O3S/c26-18(15-10-16(28-22-15)12-2-1-6-20-11-12)24-7-3-13(4-8-24)25-19(27)17-14(21-23-25)5-9-29-17/h1-2,5-6,9-11,13H,3-4,7-8H2. The van der Waals surface area contributed by atoms with Crippen molar-refractivity contribution in [3.05, 3.63) is 58.1 Å². The Labute approximate surface area is 168 Å². The Bertz CT molecular complexity index is 1220. The maximum absolute atomic E-state index is 12.8. The number of carbonyl (C=O) groups is 1. The highest BCUT2D eigenvalue weighted by Gasteiger charge is 2.28. The van der Waals surface area contributed by atoms with Crippen LogP contribution in [0, 0.1) is 0 Å². The number of hydrogen-bond donors (Lipinski definition) is 0. The number of piperidine rings is 1. The van der Waals surface area contributed by atoms with Crippen LogP contribution in [-0.4, -0.2) is 49.0 Å². The number of carbonyl (C=O) groups excluding carboxylic acids is 1. The van der Waals surface area contributed by atoms with Gasteiger partial charge in [0, 0.05) is 37.1 Å². The third kappa shape index (κ3) is 3.21. The molecule has 4 aromatic heterocycles. The van der Waals surface area contributed by atoms with Crippen LogP contribution in [-0.2, 0) is 0 Å². The minimum atomic E-state index is -0.186. The van der Waals surface area contributed by atoms with Crippen LogP contribution in [0.1, 0.15) is 29.4 Å². The number of nitrogens with zero attached hydrogens (tertiary/aromatic N) is 6. The zero-order valence-corrected chi connectivity index (χ0v) is 16.1. The molecule has 0 N–H and O–H groups in total. The van der Waals surface area contributed by atoms with Crippen LogP contribution in [0.4, 0.5) is 0 Å². The van der Waals surface area contributed by atoms with Gasteiger partial charge < -0.3 is 9.42 Å². The molecule has 0 spiro atoms. The van der Waals surface area contributed by atoms with Gasteiger partial charge >= 0.3 is 0 Å². The predicted octanol–water partition coefficient (Wildman–Crippen LogP) is 2.38. The van der Waals surface area contributed by atoms with E-state index in [0.29, 0.717) is 41.9 Å². The van der Waals surface area contributed by atoms with Gasteiger partial charge in [0.15, 0.2) is 11.5 Å². The van der Waals surface area contributed by atoms with E-state index >= 15 is 0 Å². The Morgan fingerprint density at radius 3 is 2.90 bits per heavy atom. The van der Waals surface area contributed by atoms with Crippen molar-refractivity contribution in [3.63, 3.8) is 0 Å². The first-order valence-corrected chi connectivity index (χ1v) is 10.1. The molecule has 9 nitrogen and oxygen atoms in total. The van der Waals surface area contributed by atoms with Crippen molar-refractivity contribution in [2.75, 3.05) is 13.1 Å². The Balaban J connectivity index is 1.29. The molecule has 1 saturated heterocycles. The minimum absolute atomic E-state index is 0.0752. The molecule has 1 aliphatic heterocycles. The first-order valence-electron chi connectivity index (χ1n) is 9.20. The fraction of sp³-hybridized carbons (Fsp3) is 0.263. The molecule has 0 aromatic carbocycles. The number of likely N-dealkylation sites (tertiary alicyclic amines) is 1. The quantitative estimate of drug-likeness (QED) is 0.512. The first-order chi connectivity index (χ1) is 14.2. The van der Waals surface area contributed by atoms with E-state index in [1.54, 1.807) is 35.5 Å². The zero-order valence-electron chi connectivity index (χ0n) is 15.3. The van der Waals surface area contributed by atoms with E-state index in [0.717, 1.165) is 5.56 Å². The summed E-state index contributed by atoms with van der Waals surface area (Å²) in [6.07, 6.45) is 4.58. The van der Waals surface area contributed by atoms with Crippen LogP contribution in [0.15, 0.2) is 51.4 Å². The molecule has 146 valence electrons. The Hall–Kier alpha value is -3.40. The fourth-order valence-corrected chi connectivity index (χ4v) is 4.27. The van der Waals surface area contributed by atoms with Gasteiger partial charge in [-0.2, -0.15) is 0 Å². The largest absolute Gasteiger partial charge is 0.355 e. The van der Waals surface area contributed by atoms with Crippen molar-refractivity contribution in [2.24, 2.45) is 0 Å². The molecule has 0 unspecified atom stereocenters. The van der Waals surface area contributed by atoms with Crippen LogP contribution in [0.25, 0.3) is 21.5 Å². The molecule has 0 atom stereocenters. The van der Waals surface area contributed by atoms with Crippen molar-refractivity contribution in [1.82, 2.24) is 30.0 Å². The maximum Gasteiger partial charge on any atom is 0.287 e. The van der Waals surface area contributed by atoms with E-state index < -0.39 is 0 Å². The van der Waals surface area contributed by atoms with Crippen molar-refractivity contribution in [3.8, 4) is 11.3 Å². The predicted molar refractivity (Wildman–Crippen MR) is 106 cm³/mol. The number of aromatic nitrogens is 5. The SMILES string of the molecule is O=C(c1cc(-c2cccnc2)on1)N1CCC(n2nnc3ccsc3c2=O)CC1. The molecule has 0 aliphatic carbocycles. The summed E-state index contributed by atoms with van der Waals surface area (Å²) < 4.78 is 7.37. The second-order valence-corrected chi connectivity index (χ2v) is 7.73. The summed E-state index contributed by atoms with van der Waals surface area (Å²) in [5.74, 6) is 0.317. The first kappa shape index (κ1) is 17.7. The lowest BCUT2D eigenvalue weighted by molar-refractivity contribution is 0.0676. The normalized spacial score (nSPS) is 15.1. The number of hydrogen-bond acceptors (Lipinski definition) is 8. The van der Waals surface area contributed by atoms with Crippen LogP contribution in [0.3, 0.4) is 0 Å². The summed E-state index contributed by atoms with van der Waals surface area (Å²) in [5.41, 5.74) is 1.53. The molecule has 0 bridgehead atoms. The van der Waals surface area contributed by atoms with Crippen molar-refractivity contribution >= 4 is 27.5 Å². The van der Waals surface area contributed by atoms with Gasteiger partial charge in [0.05, 0.1) is 6.04 Å². The number of rotatable bonds is 3. The lowest BCUT2D eigenvalue weighted by Gasteiger charge is -2.31. The zero-order chi connectivity index (χ0) is 19.8. The van der Waals surface area contributed by atoms with E-state index in [4.69, 9.17) is 4.52 Å². The van der Waals surface area contributed by atoms with Crippen LogP contribution >= 0.6 is 11.3 Å². The monoisotopic (exact) mass is 408 g/mol. The fourth-order valence-electron chi connectivity index (χ4n) is 3.52. The highest BCUT2D eigenvalue weighted by Crippen LogP contribution is 2.24. The number of fused-ring (bicyclic) bond motifs is 1. The molecule has 1 aliphatic rings. The summed E-state index contributed by atoms with van der Waals surface area (Å²) >= 11 is 1.37. The number of pyridine rings is 1. The van der Waals surface area contributed by atoms with Crippen molar-refractivity contribution in [2.45, 2.75) is 18.9 Å². The average Bonchev–Trinajstić information content (AvgIpc) is 3.45. The topological polar surface area (TPSA) is 107 Å². The van der Waals surface area contributed by atoms with Crippen LogP contribution in [0.2, 0.25) is 0 Å². The molecule has 5 heterocycles. The second kappa shape index (κ2) is 7.21. The third-order valence-electron chi connectivity index (χ3n) is 5.07. The van der Waals surface area contributed by atoms with Crippen molar-refractivity contribution < 1.29 is 9.32 Å². The molecule has 4 aromatic rings. The Kier molecular flexibility index (Phi) is 4.39. The number of amides is 1. The molecule has 29 heavy (non-hydrogen) atoms. The molecule has 10 heteroatoms.